The molecule has 4 heteroatoms. The molecule has 2 aromatic rings. The van der Waals surface area contributed by atoms with Crippen LogP contribution in [0.3, 0.4) is 0 Å². The third kappa shape index (κ3) is 3.78. The summed E-state index contributed by atoms with van der Waals surface area (Å²) in [6.07, 6.45) is 7.44. The summed E-state index contributed by atoms with van der Waals surface area (Å²) >= 11 is 12.5. The van der Waals surface area contributed by atoms with E-state index in [1.807, 2.05) is 12.1 Å². The predicted octanol–water partition coefficient (Wildman–Crippen LogP) is 5.92. The van der Waals surface area contributed by atoms with Crippen molar-refractivity contribution in [1.29, 1.82) is 0 Å². The molecule has 0 unspecified atom stereocenters. The van der Waals surface area contributed by atoms with Crippen LogP contribution in [0, 0.1) is 6.92 Å². The van der Waals surface area contributed by atoms with Crippen LogP contribution in [-0.4, -0.2) is 4.57 Å². The Hall–Kier alpha value is -0.730. The molecule has 0 fully saturated rings. The molecule has 0 saturated carbocycles. The smallest absolute Gasteiger partial charge is 0.227 e. The van der Waals surface area contributed by atoms with Gasteiger partial charge in [-0.2, -0.15) is 0 Å². The van der Waals surface area contributed by atoms with Gasteiger partial charge in [0.2, 0.25) is 0 Å². The Kier molecular flexibility index (Phi) is 6.58. The maximum atomic E-state index is 6.25. The van der Waals surface area contributed by atoms with Crippen LogP contribution in [0.4, 0.5) is 0 Å². The molecular weight excluding hydrogens is 315 g/mol. The molecule has 0 aliphatic carbocycles. The van der Waals surface area contributed by atoms with E-state index >= 15 is 0 Å². The number of imidazole rings is 1. The van der Waals surface area contributed by atoms with E-state index in [1.165, 1.54) is 55.4 Å². The highest BCUT2D eigenvalue weighted by Crippen LogP contribution is 2.28. The van der Waals surface area contributed by atoms with Crippen LogP contribution in [0.5, 0.6) is 0 Å². The highest BCUT2D eigenvalue weighted by atomic mass is 35.5. The second-order valence-electron chi connectivity index (χ2n) is 6.02. The van der Waals surface area contributed by atoms with Crippen LogP contribution in [0.2, 0.25) is 10.0 Å². The molecule has 0 atom stereocenters. The third-order valence-corrected chi connectivity index (χ3v) is 5.07. The fourth-order valence-corrected chi connectivity index (χ4v) is 3.35. The molecule has 0 aliphatic rings. The number of aromatic nitrogens is 2. The summed E-state index contributed by atoms with van der Waals surface area (Å²) in [5.41, 5.74) is 2.41. The Morgan fingerprint density at radius 2 is 1.64 bits per heavy atom. The molecule has 1 aromatic carbocycles. The van der Waals surface area contributed by atoms with Gasteiger partial charge in [0.1, 0.15) is 0 Å². The summed E-state index contributed by atoms with van der Waals surface area (Å²) in [5.74, 6) is 1.30. The van der Waals surface area contributed by atoms with Crippen molar-refractivity contribution in [1.82, 2.24) is 4.57 Å². The van der Waals surface area contributed by atoms with Crippen LogP contribution < -0.4 is 4.57 Å². The van der Waals surface area contributed by atoms with E-state index in [1.54, 1.807) is 0 Å². The zero-order valence-corrected chi connectivity index (χ0v) is 15.5. The van der Waals surface area contributed by atoms with Gasteiger partial charge in [-0.05, 0) is 19.3 Å². The molecule has 0 spiro atoms. The van der Waals surface area contributed by atoms with E-state index in [9.17, 15) is 0 Å². The first kappa shape index (κ1) is 17.6. The normalized spacial score (nSPS) is 11.5. The van der Waals surface area contributed by atoms with Crippen molar-refractivity contribution >= 4 is 34.2 Å². The van der Waals surface area contributed by atoms with E-state index in [0.717, 1.165) is 13.1 Å². The number of hydrogen-bond acceptors (Lipinski definition) is 0. The van der Waals surface area contributed by atoms with Gasteiger partial charge in [0, 0.05) is 19.1 Å². The van der Waals surface area contributed by atoms with E-state index < -0.39 is 0 Å². The summed E-state index contributed by atoms with van der Waals surface area (Å²) in [6.45, 7) is 8.77. The number of aryl methyl sites for hydroxylation is 2. The lowest BCUT2D eigenvalue weighted by molar-refractivity contribution is -0.678. The van der Waals surface area contributed by atoms with E-state index in [2.05, 4.69) is 29.9 Å². The van der Waals surface area contributed by atoms with Gasteiger partial charge in [-0.3, -0.25) is 0 Å². The summed E-state index contributed by atoms with van der Waals surface area (Å²) in [4.78, 5) is 0. The summed E-state index contributed by atoms with van der Waals surface area (Å²) in [5, 5.41) is 1.28. The highest BCUT2D eigenvalue weighted by Gasteiger charge is 2.22. The van der Waals surface area contributed by atoms with Crippen LogP contribution in [0.25, 0.3) is 11.0 Å². The van der Waals surface area contributed by atoms with Gasteiger partial charge in [0.15, 0.2) is 11.0 Å². The second kappa shape index (κ2) is 8.21. The van der Waals surface area contributed by atoms with Crippen LogP contribution >= 0.6 is 23.2 Å². The molecule has 0 amide bonds. The Balaban J connectivity index is 2.40. The number of rotatable bonds is 8. The Bertz CT molecular complexity index is 632. The zero-order valence-electron chi connectivity index (χ0n) is 14.0. The van der Waals surface area contributed by atoms with Gasteiger partial charge in [-0.1, -0.05) is 56.3 Å². The van der Waals surface area contributed by atoms with E-state index in [0.29, 0.717) is 10.0 Å². The van der Waals surface area contributed by atoms with Crippen molar-refractivity contribution in [3.05, 3.63) is 28.0 Å². The van der Waals surface area contributed by atoms with Crippen molar-refractivity contribution in [2.24, 2.45) is 0 Å². The molecule has 0 saturated heterocycles. The van der Waals surface area contributed by atoms with Gasteiger partial charge in [-0.25, -0.2) is 9.13 Å². The Morgan fingerprint density at radius 1 is 0.955 bits per heavy atom. The van der Waals surface area contributed by atoms with Gasteiger partial charge < -0.3 is 0 Å². The van der Waals surface area contributed by atoms with Crippen LogP contribution in [0.15, 0.2) is 12.1 Å². The first-order chi connectivity index (χ1) is 10.6. The van der Waals surface area contributed by atoms with Crippen molar-refractivity contribution < 1.29 is 4.57 Å². The number of unbranched alkanes of at least 4 members (excludes halogenated alkanes) is 4. The monoisotopic (exact) mass is 341 g/mol. The molecule has 0 bridgehead atoms. The molecule has 1 heterocycles. The van der Waals surface area contributed by atoms with E-state index in [-0.39, 0.29) is 0 Å². The van der Waals surface area contributed by atoms with Gasteiger partial charge >= 0.3 is 0 Å². The summed E-state index contributed by atoms with van der Waals surface area (Å²) in [6, 6.07) is 4.04. The molecule has 0 N–H and O–H groups in total. The lowest BCUT2D eigenvalue weighted by atomic mass is 10.2. The van der Waals surface area contributed by atoms with Gasteiger partial charge in [0.05, 0.1) is 23.1 Å². The first-order valence-corrected chi connectivity index (χ1v) is 9.23. The molecule has 2 rings (SSSR count). The lowest BCUT2D eigenvalue weighted by Gasteiger charge is -2.01. The van der Waals surface area contributed by atoms with Crippen molar-refractivity contribution in [3.8, 4) is 0 Å². The molecule has 122 valence electrons. The average Bonchev–Trinajstić information content (AvgIpc) is 2.74. The Labute approximate surface area is 144 Å². The molecule has 2 nitrogen and oxygen atoms in total. The minimum absolute atomic E-state index is 0.641. The highest BCUT2D eigenvalue weighted by molar-refractivity contribution is 6.42. The average molecular weight is 342 g/mol. The third-order valence-electron chi connectivity index (χ3n) is 4.35. The molecule has 1 aromatic heterocycles. The fraction of sp³-hybridized carbons (Fsp3) is 0.611. The SMILES string of the molecule is CCCCCC[n+]1c(C)n(CCCC)c2cc(Cl)c(Cl)cc21. The summed E-state index contributed by atoms with van der Waals surface area (Å²) in [7, 11) is 0. The number of hydrogen-bond donors (Lipinski definition) is 0. The zero-order chi connectivity index (χ0) is 16.1. The number of halogens is 2. The largest absolute Gasteiger partial charge is 0.254 e. The number of nitrogens with zero attached hydrogens (tertiary/aromatic N) is 2. The standard InChI is InChI=1S/C18H27Cl2N2/c1-4-6-8-9-11-22-14(3)21(10-7-5-2)17-12-15(19)16(20)13-18(17)22/h12-13H,4-11H2,1-3H3/q+1. The van der Waals surface area contributed by atoms with Crippen molar-refractivity contribution in [2.75, 3.05) is 0 Å². The number of fused-ring (bicyclic) bond motifs is 1. The minimum Gasteiger partial charge on any atom is -0.227 e. The number of benzene rings is 1. The second-order valence-corrected chi connectivity index (χ2v) is 6.83. The van der Waals surface area contributed by atoms with E-state index in [4.69, 9.17) is 23.2 Å². The molecular formula is C18H27Cl2N2+. The summed E-state index contributed by atoms with van der Waals surface area (Å²) < 4.78 is 4.80. The molecule has 22 heavy (non-hydrogen) atoms. The topological polar surface area (TPSA) is 8.81 Å². The van der Waals surface area contributed by atoms with Crippen molar-refractivity contribution in [3.63, 3.8) is 0 Å². The fourth-order valence-electron chi connectivity index (χ4n) is 3.03. The molecule has 0 radical (unpaired) electrons. The Morgan fingerprint density at radius 3 is 2.32 bits per heavy atom. The maximum Gasteiger partial charge on any atom is 0.254 e. The maximum absolute atomic E-state index is 6.25. The quantitative estimate of drug-likeness (QED) is 0.416. The minimum atomic E-state index is 0.641. The van der Waals surface area contributed by atoms with Crippen LogP contribution in [-0.2, 0) is 13.1 Å². The van der Waals surface area contributed by atoms with Gasteiger partial charge in [0.25, 0.3) is 5.82 Å². The van der Waals surface area contributed by atoms with Crippen molar-refractivity contribution in [2.45, 2.75) is 72.4 Å². The van der Waals surface area contributed by atoms with Crippen LogP contribution in [0.1, 0.15) is 58.2 Å². The predicted molar refractivity (Wildman–Crippen MR) is 95.9 cm³/mol. The lowest BCUT2D eigenvalue weighted by Crippen LogP contribution is -2.36. The molecule has 0 aliphatic heterocycles. The van der Waals surface area contributed by atoms with Gasteiger partial charge in [-0.15, -0.1) is 0 Å². The first-order valence-electron chi connectivity index (χ1n) is 8.47.